The summed E-state index contributed by atoms with van der Waals surface area (Å²) in [6.07, 6.45) is 5.71. The van der Waals surface area contributed by atoms with E-state index in [1.165, 1.54) is 10.5 Å². The number of halogens is 2. The van der Waals surface area contributed by atoms with Crippen LogP contribution in [0.2, 0.25) is 0 Å². The van der Waals surface area contributed by atoms with Crippen LogP contribution < -0.4 is 0 Å². The van der Waals surface area contributed by atoms with Gasteiger partial charge < -0.3 is 4.90 Å². The Morgan fingerprint density at radius 2 is 2.12 bits per heavy atom. The molecule has 6 heteroatoms. The third-order valence-corrected chi connectivity index (χ3v) is 6.32. The molecule has 4 nitrogen and oxygen atoms in total. The van der Waals surface area contributed by atoms with E-state index in [4.69, 9.17) is 0 Å². The van der Waals surface area contributed by atoms with Crippen LogP contribution in [-0.4, -0.2) is 52.8 Å². The molecular formula is C19H25F2N3O. The fourth-order valence-corrected chi connectivity index (χ4v) is 4.92. The number of aromatic nitrogens is 1. The third kappa shape index (κ3) is 3.05. The maximum absolute atomic E-state index is 13.1. The molecule has 0 aromatic carbocycles. The van der Waals surface area contributed by atoms with Crippen molar-refractivity contribution in [3.8, 4) is 0 Å². The second-order valence-corrected chi connectivity index (χ2v) is 8.09. The molecule has 1 aromatic heterocycles. The third-order valence-electron chi connectivity index (χ3n) is 6.32. The number of amides is 1. The monoisotopic (exact) mass is 349 g/mol. The zero-order chi connectivity index (χ0) is 17.7. The molecule has 2 saturated heterocycles. The van der Waals surface area contributed by atoms with Crippen LogP contribution in [0.15, 0.2) is 18.3 Å². The van der Waals surface area contributed by atoms with Gasteiger partial charge in [-0.15, -0.1) is 0 Å². The predicted octanol–water partition coefficient (Wildman–Crippen LogP) is 2.86. The quantitative estimate of drug-likeness (QED) is 0.842. The lowest BCUT2D eigenvalue weighted by molar-refractivity contribution is -0.172. The molecule has 4 rings (SSSR count). The van der Waals surface area contributed by atoms with Gasteiger partial charge in [-0.3, -0.25) is 14.7 Å². The smallest absolute Gasteiger partial charge is 0.282 e. The maximum atomic E-state index is 13.1. The van der Waals surface area contributed by atoms with Gasteiger partial charge >= 0.3 is 0 Å². The Morgan fingerprint density at radius 3 is 2.84 bits per heavy atom. The number of carbonyl (C=O) groups is 1. The number of nitrogens with zero attached hydrogens (tertiary/aromatic N) is 3. The highest BCUT2D eigenvalue weighted by Crippen LogP contribution is 2.51. The normalized spacial score (nSPS) is 31.5. The van der Waals surface area contributed by atoms with Crippen molar-refractivity contribution in [3.63, 3.8) is 0 Å². The molecule has 2 atom stereocenters. The molecule has 1 aliphatic carbocycles. The van der Waals surface area contributed by atoms with E-state index in [-0.39, 0.29) is 17.2 Å². The van der Waals surface area contributed by atoms with Gasteiger partial charge in [0.05, 0.1) is 18.8 Å². The summed E-state index contributed by atoms with van der Waals surface area (Å²) in [5, 5.41) is 0. The number of rotatable bonds is 3. The Bertz CT molecular complexity index is 672. The molecule has 1 spiro atoms. The van der Waals surface area contributed by atoms with Gasteiger partial charge in [-0.25, -0.2) is 8.78 Å². The molecule has 0 bridgehead atoms. The van der Waals surface area contributed by atoms with Gasteiger partial charge in [-0.1, -0.05) is 12.5 Å². The van der Waals surface area contributed by atoms with E-state index >= 15 is 0 Å². The molecule has 2 aliphatic heterocycles. The lowest BCUT2D eigenvalue weighted by atomic mass is 9.76. The largest absolute Gasteiger partial charge is 0.330 e. The Morgan fingerprint density at radius 1 is 1.32 bits per heavy atom. The minimum Gasteiger partial charge on any atom is -0.330 e. The number of aryl methyl sites for hydroxylation is 1. The van der Waals surface area contributed by atoms with Crippen molar-refractivity contribution in [2.75, 3.05) is 26.2 Å². The van der Waals surface area contributed by atoms with Crippen molar-refractivity contribution in [2.45, 2.75) is 45.1 Å². The van der Waals surface area contributed by atoms with Gasteiger partial charge in [0.25, 0.3) is 5.92 Å². The van der Waals surface area contributed by atoms with Gasteiger partial charge in [0.1, 0.15) is 0 Å². The highest BCUT2D eigenvalue weighted by molar-refractivity contribution is 5.81. The number of alkyl halides is 2. The average Bonchev–Trinajstić information content (AvgIpc) is 3.14. The zero-order valence-electron chi connectivity index (χ0n) is 14.7. The first-order valence-corrected chi connectivity index (χ1v) is 9.18. The predicted molar refractivity (Wildman–Crippen MR) is 90.2 cm³/mol. The SMILES string of the molecule is Cc1cccnc1CN1CCC2(CCCC2C(=O)N2CC(F)(F)C2)C1. The first-order valence-electron chi connectivity index (χ1n) is 9.18. The topological polar surface area (TPSA) is 36.4 Å². The standard InChI is InChI=1S/C19H25F2N3O/c1-14-4-3-8-22-16(14)10-23-9-7-18(11-23)6-2-5-15(18)17(25)24-12-19(20,21)13-24/h3-4,8,15H,2,5-7,9-13H2,1H3. The van der Waals surface area contributed by atoms with E-state index < -0.39 is 19.0 Å². The van der Waals surface area contributed by atoms with Crippen molar-refractivity contribution in [1.29, 1.82) is 0 Å². The lowest BCUT2D eigenvalue weighted by Crippen LogP contribution is -2.60. The van der Waals surface area contributed by atoms with Crippen LogP contribution in [0.1, 0.15) is 36.9 Å². The molecule has 136 valence electrons. The van der Waals surface area contributed by atoms with E-state index in [9.17, 15) is 13.6 Å². The van der Waals surface area contributed by atoms with E-state index in [0.717, 1.165) is 51.0 Å². The van der Waals surface area contributed by atoms with Crippen LogP contribution in [0.4, 0.5) is 8.78 Å². The Hall–Kier alpha value is -1.56. The van der Waals surface area contributed by atoms with Crippen LogP contribution in [0, 0.1) is 18.3 Å². The second kappa shape index (κ2) is 6.01. The van der Waals surface area contributed by atoms with Crippen LogP contribution >= 0.6 is 0 Å². The van der Waals surface area contributed by atoms with Crippen molar-refractivity contribution in [1.82, 2.24) is 14.8 Å². The van der Waals surface area contributed by atoms with Crippen molar-refractivity contribution in [3.05, 3.63) is 29.6 Å². The number of likely N-dealkylation sites (tertiary alicyclic amines) is 2. The van der Waals surface area contributed by atoms with Crippen molar-refractivity contribution < 1.29 is 13.6 Å². The molecule has 2 unspecified atom stereocenters. The molecule has 1 saturated carbocycles. The lowest BCUT2D eigenvalue weighted by Gasteiger charge is -2.42. The summed E-state index contributed by atoms with van der Waals surface area (Å²) in [6.45, 7) is 3.92. The van der Waals surface area contributed by atoms with Crippen LogP contribution in [0.25, 0.3) is 0 Å². The van der Waals surface area contributed by atoms with E-state index in [1.54, 1.807) is 0 Å². The number of carbonyl (C=O) groups excluding carboxylic acids is 1. The average molecular weight is 349 g/mol. The summed E-state index contributed by atoms with van der Waals surface area (Å²) in [5.41, 5.74) is 2.25. The molecule has 25 heavy (non-hydrogen) atoms. The summed E-state index contributed by atoms with van der Waals surface area (Å²) in [7, 11) is 0. The second-order valence-electron chi connectivity index (χ2n) is 8.09. The number of hydrogen-bond acceptors (Lipinski definition) is 3. The van der Waals surface area contributed by atoms with Crippen molar-refractivity contribution >= 4 is 5.91 Å². The maximum Gasteiger partial charge on any atom is 0.282 e. The molecule has 1 aromatic rings. The Labute approximate surface area is 147 Å². The number of hydrogen-bond donors (Lipinski definition) is 0. The highest BCUT2D eigenvalue weighted by Gasteiger charge is 2.55. The minimum atomic E-state index is -2.68. The van der Waals surface area contributed by atoms with E-state index in [0.29, 0.717) is 0 Å². The van der Waals surface area contributed by atoms with Gasteiger partial charge in [-0.05, 0) is 49.8 Å². The first kappa shape index (κ1) is 16.9. The fourth-order valence-electron chi connectivity index (χ4n) is 4.92. The van der Waals surface area contributed by atoms with Crippen LogP contribution in [0.3, 0.4) is 0 Å². The van der Waals surface area contributed by atoms with Gasteiger partial charge in [-0.2, -0.15) is 0 Å². The molecular weight excluding hydrogens is 324 g/mol. The summed E-state index contributed by atoms with van der Waals surface area (Å²) >= 11 is 0. The molecule has 1 amide bonds. The summed E-state index contributed by atoms with van der Waals surface area (Å²) in [4.78, 5) is 21.0. The number of pyridine rings is 1. The zero-order valence-corrected chi connectivity index (χ0v) is 14.7. The van der Waals surface area contributed by atoms with Gasteiger partial charge in [0, 0.05) is 25.2 Å². The molecule has 0 N–H and O–H groups in total. The molecule has 0 radical (unpaired) electrons. The fraction of sp³-hybridized carbons (Fsp3) is 0.684. The first-order chi connectivity index (χ1) is 11.9. The summed E-state index contributed by atoms with van der Waals surface area (Å²) in [5.74, 6) is -2.81. The van der Waals surface area contributed by atoms with E-state index in [1.807, 2.05) is 12.3 Å². The minimum absolute atomic E-state index is 0.0232. The summed E-state index contributed by atoms with van der Waals surface area (Å²) < 4.78 is 26.3. The van der Waals surface area contributed by atoms with Gasteiger partial charge in [0.15, 0.2) is 0 Å². The Balaban J connectivity index is 1.43. The molecule has 3 aliphatic rings. The summed E-state index contributed by atoms with van der Waals surface area (Å²) in [6, 6.07) is 4.01. The van der Waals surface area contributed by atoms with Crippen LogP contribution in [-0.2, 0) is 11.3 Å². The molecule has 3 fully saturated rings. The van der Waals surface area contributed by atoms with Crippen molar-refractivity contribution in [2.24, 2.45) is 11.3 Å². The molecule has 3 heterocycles. The Kier molecular flexibility index (Phi) is 4.06. The van der Waals surface area contributed by atoms with Crippen LogP contribution in [0.5, 0.6) is 0 Å². The highest BCUT2D eigenvalue weighted by atomic mass is 19.3. The van der Waals surface area contributed by atoms with Gasteiger partial charge in [0.2, 0.25) is 5.91 Å². The van der Waals surface area contributed by atoms with E-state index in [2.05, 4.69) is 22.9 Å².